The number of carbonyl (C=O) groups is 1. The quantitative estimate of drug-likeness (QED) is 0.0333. The van der Waals surface area contributed by atoms with Crippen LogP contribution in [0.15, 0.2) is 48.8 Å². The van der Waals surface area contributed by atoms with Crippen molar-refractivity contribution >= 4 is 36.4 Å². The maximum atomic E-state index is 11.7. The van der Waals surface area contributed by atoms with Gasteiger partial charge in [0.25, 0.3) is 0 Å². The van der Waals surface area contributed by atoms with Gasteiger partial charge in [-0.15, -0.1) is 0 Å². The molecule has 48 heavy (non-hydrogen) atoms. The number of hydrogen-bond acceptors (Lipinski definition) is 3. The number of aryl methyl sites for hydroxylation is 1. The highest BCUT2D eigenvalue weighted by molar-refractivity contribution is 7.80. The van der Waals surface area contributed by atoms with Crippen molar-refractivity contribution in [2.45, 2.75) is 135 Å². The van der Waals surface area contributed by atoms with Crippen LogP contribution in [-0.2, 0) is 11.3 Å². The number of rotatable bonds is 30. The molecule has 0 aliphatic carbocycles. The summed E-state index contributed by atoms with van der Waals surface area (Å²) in [5.41, 5.74) is 3.55. The second-order valence-corrected chi connectivity index (χ2v) is 14.9. The second kappa shape index (κ2) is 27.5. The minimum atomic E-state index is 0.101. The van der Waals surface area contributed by atoms with Crippen molar-refractivity contribution in [1.82, 2.24) is 5.32 Å². The first kappa shape index (κ1) is 41.9. The molecule has 1 aromatic carbocycles. The highest BCUT2D eigenvalue weighted by Crippen LogP contribution is 2.15. The highest BCUT2D eigenvalue weighted by atomic mass is 32.1. The minimum Gasteiger partial charge on any atom is -0.385 e. The Morgan fingerprint density at radius 2 is 1.17 bits per heavy atom. The van der Waals surface area contributed by atoms with E-state index >= 15 is 0 Å². The number of unbranched alkanes of at least 4 members (excludes halogenated alkanes) is 15. The summed E-state index contributed by atoms with van der Waals surface area (Å²) in [7, 11) is 4.79. The van der Waals surface area contributed by atoms with Gasteiger partial charge in [0.15, 0.2) is 12.4 Å². The van der Waals surface area contributed by atoms with Crippen LogP contribution >= 0.6 is 12.6 Å². The van der Waals surface area contributed by atoms with E-state index in [1.54, 1.807) is 0 Å². The molecule has 1 aromatic heterocycles. The number of amides is 1. The number of anilines is 1. The average molecular weight is 681 g/mol. The Morgan fingerprint density at radius 3 is 1.71 bits per heavy atom. The molecule has 270 valence electrons. The number of aromatic nitrogens is 1. The Labute approximate surface area is 301 Å². The Balaban J connectivity index is 1.48. The Kier molecular flexibility index (Phi) is 24.0. The van der Waals surface area contributed by atoms with Gasteiger partial charge in [0.1, 0.15) is 6.54 Å². The highest BCUT2D eigenvalue weighted by Gasteiger charge is 2.13. The summed E-state index contributed by atoms with van der Waals surface area (Å²) in [5.74, 6) is 0.776. The standard InChI is InChI=1S/C42H70N4OS/c1-4-5-6-7-8-9-10-11-12-13-14-15-16-17-18-19-36-46(2,3)37-21-31-43-41-27-25-39(26-28-41)23-24-40-29-34-45(35-30-40)33-20-22-42(47)44-32-38-48/h23-30,34-35H,4-22,31-33,36-38H2,1-3H3,(H-,44,47,48)/p+2. The average Bonchev–Trinajstić information content (AvgIpc) is 3.09. The van der Waals surface area contributed by atoms with Gasteiger partial charge in [0.05, 0.1) is 27.2 Å². The Morgan fingerprint density at radius 1 is 0.667 bits per heavy atom. The molecule has 0 saturated carbocycles. The van der Waals surface area contributed by atoms with Crippen LogP contribution in [0.3, 0.4) is 0 Å². The molecule has 0 aliphatic rings. The van der Waals surface area contributed by atoms with Crippen molar-refractivity contribution < 1.29 is 13.8 Å². The molecule has 1 heterocycles. The lowest BCUT2D eigenvalue weighted by atomic mass is 10.0. The third-order valence-electron chi connectivity index (χ3n) is 9.44. The molecule has 0 bridgehead atoms. The van der Waals surface area contributed by atoms with Gasteiger partial charge in [0, 0.05) is 55.9 Å². The maximum absolute atomic E-state index is 11.7. The first-order valence-electron chi connectivity index (χ1n) is 19.6. The van der Waals surface area contributed by atoms with Crippen LogP contribution in [0.5, 0.6) is 0 Å². The van der Waals surface area contributed by atoms with Crippen LogP contribution in [0.1, 0.15) is 140 Å². The van der Waals surface area contributed by atoms with E-state index in [0.29, 0.717) is 18.7 Å². The molecule has 2 aromatic rings. The monoisotopic (exact) mass is 681 g/mol. The third kappa shape index (κ3) is 22.3. The van der Waals surface area contributed by atoms with Crippen molar-refractivity contribution in [2.75, 3.05) is 51.3 Å². The lowest BCUT2D eigenvalue weighted by molar-refractivity contribution is -0.890. The van der Waals surface area contributed by atoms with Gasteiger partial charge in [-0.25, -0.2) is 4.57 Å². The summed E-state index contributed by atoms with van der Waals surface area (Å²) in [6, 6.07) is 13.0. The largest absolute Gasteiger partial charge is 0.385 e. The second-order valence-electron chi connectivity index (χ2n) is 14.5. The van der Waals surface area contributed by atoms with E-state index in [0.717, 1.165) is 24.0 Å². The molecule has 0 aliphatic heterocycles. The number of quaternary nitrogens is 1. The Hall–Kier alpha value is -2.31. The van der Waals surface area contributed by atoms with Crippen LogP contribution in [0.25, 0.3) is 12.2 Å². The summed E-state index contributed by atoms with van der Waals surface area (Å²) in [5, 5.41) is 6.48. The van der Waals surface area contributed by atoms with E-state index in [1.165, 1.54) is 139 Å². The fourth-order valence-corrected chi connectivity index (χ4v) is 6.39. The van der Waals surface area contributed by atoms with Gasteiger partial charge < -0.3 is 15.1 Å². The van der Waals surface area contributed by atoms with Gasteiger partial charge in [0.2, 0.25) is 5.91 Å². The zero-order valence-electron chi connectivity index (χ0n) is 31.2. The first-order chi connectivity index (χ1) is 23.4. The van der Waals surface area contributed by atoms with E-state index in [1.807, 2.05) is 0 Å². The molecule has 0 spiro atoms. The fraction of sp³-hybridized carbons (Fsp3) is 0.667. The van der Waals surface area contributed by atoms with Gasteiger partial charge in [-0.1, -0.05) is 121 Å². The molecule has 5 nitrogen and oxygen atoms in total. The van der Waals surface area contributed by atoms with E-state index in [-0.39, 0.29) is 5.91 Å². The number of hydrogen-bond donors (Lipinski definition) is 3. The predicted molar refractivity (Wildman–Crippen MR) is 213 cm³/mol. The van der Waals surface area contributed by atoms with Gasteiger partial charge in [-0.05, 0) is 36.1 Å². The number of benzene rings is 1. The lowest BCUT2D eigenvalue weighted by Crippen LogP contribution is -2.41. The third-order valence-corrected chi connectivity index (χ3v) is 9.66. The molecule has 1 amide bonds. The smallest absolute Gasteiger partial charge is 0.220 e. The molecule has 0 atom stereocenters. The van der Waals surface area contributed by atoms with Crippen molar-refractivity contribution in [3.63, 3.8) is 0 Å². The number of nitrogens with one attached hydrogen (secondary N) is 2. The van der Waals surface area contributed by atoms with Crippen LogP contribution in [0.2, 0.25) is 0 Å². The zero-order valence-corrected chi connectivity index (χ0v) is 32.1. The van der Waals surface area contributed by atoms with E-state index in [9.17, 15) is 4.79 Å². The normalized spacial score (nSPS) is 11.8. The summed E-state index contributed by atoms with van der Waals surface area (Å²) in [6.07, 6.45) is 33.9. The summed E-state index contributed by atoms with van der Waals surface area (Å²) < 4.78 is 3.25. The van der Waals surface area contributed by atoms with Crippen LogP contribution in [-0.4, -0.2) is 56.4 Å². The predicted octanol–water partition coefficient (Wildman–Crippen LogP) is 10.1. The fourth-order valence-electron chi connectivity index (χ4n) is 6.28. The molecule has 2 rings (SSSR count). The summed E-state index contributed by atoms with van der Waals surface area (Å²) in [6.45, 7) is 7.29. The maximum Gasteiger partial charge on any atom is 0.220 e. The summed E-state index contributed by atoms with van der Waals surface area (Å²) >= 11 is 4.12. The molecule has 0 fully saturated rings. The van der Waals surface area contributed by atoms with E-state index in [4.69, 9.17) is 0 Å². The topological polar surface area (TPSA) is 45.0 Å². The van der Waals surface area contributed by atoms with Crippen molar-refractivity contribution in [2.24, 2.45) is 0 Å². The van der Waals surface area contributed by atoms with Gasteiger partial charge in [-0.2, -0.15) is 12.6 Å². The van der Waals surface area contributed by atoms with E-state index in [2.05, 4.69) is 110 Å². The molecule has 0 unspecified atom stereocenters. The van der Waals surface area contributed by atoms with Crippen molar-refractivity contribution in [1.29, 1.82) is 0 Å². The van der Waals surface area contributed by atoms with Crippen LogP contribution < -0.4 is 15.2 Å². The summed E-state index contributed by atoms with van der Waals surface area (Å²) in [4.78, 5) is 11.7. The van der Waals surface area contributed by atoms with Crippen molar-refractivity contribution in [3.05, 3.63) is 59.9 Å². The minimum absolute atomic E-state index is 0.101. The van der Waals surface area contributed by atoms with Crippen molar-refractivity contribution in [3.8, 4) is 0 Å². The number of carbonyl (C=O) groups excluding carboxylic acids is 1. The molecule has 6 heteroatoms. The molecular formula is C42H72N4OS+2. The molecular weight excluding hydrogens is 609 g/mol. The zero-order chi connectivity index (χ0) is 34.5. The lowest BCUT2D eigenvalue weighted by Gasteiger charge is -2.30. The number of thiol groups is 1. The SMILES string of the molecule is CCCCCCCCCCCCCCCCCC[N+](C)(C)CCCNc1ccc(/C=C/c2cc[n+](CCCC(=O)NCCS)cc2)cc1. The molecule has 2 N–H and O–H groups in total. The van der Waals surface area contributed by atoms with E-state index < -0.39 is 0 Å². The number of nitrogens with zero attached hydrogens (tertiary/aromatic N) is 2. The molecule has 0 radical (unpaired) electrons. The van der Waals surface area contributed by atoms with Crippen LogP contribution in [0.4, 0.5) is 5.69 Å². The number of pyridine rings is 1. The van der Waals surface area contributed by atoms with Gasteiger partial charge in [-0.3, -0.25) is 4.79 Å². The molecule has 0 saturated heterocycles. The Bertz CT molecular complexity index is 1080. The first-order valence-corrected chi connectivity index (χ1v) is 20.3. The van der Waals surface area contributed by atoms with Gasteiger partial charge >= 0.3 is 0 Å². The van der Waals surface area contributed by atoms with Crippen LogP contribution in [0, 0.1) is 0 Å².